The number of ether oxygens (including phenoxy) is 1. The molecule has 0 radical (unpaired) electrons. The molecule has 0 aromatic heterocycles. The Bertz CT molecular complexity index is 513. The third-order valence-corrected chi connectivity index (χ3v) is 3.90. The summed E-state index contributed by atoms with van der Waals surface area (Å²) >= 11 is 0. The summed E-state index contributed by atoms with van der Waals surface area (Å²) in [7, 11) is 1.64. The Morgan fingerprint density at radius 2 is 2.09 bits per heavy atom. The average molecular weight is 304 g/mol. The second-order valence-corrected chi connectivity index (χ2v) is 5.80. The molecule has 0 bridgehead atoms. The topological polar surface area (TPSA) is 58.6 Å². The Hall–Kier alpha value is -1.88. The monoisotopic (exact) mass is 304 g/mol. The molecule has 1 N–H and O–H groups in total. The van der Waals surface area contributed by atoms with Crippen molar-refractivity contribution in [2.45, 2.75) is 26.3 Å². The molecule has 1 aromatic carbocycles. The second-order valence-electron chi connectivity index (χ2n) is 5.80. The molecular weight excluding hydrogens is 280 g/mol. The minimum Gasteiger partial charge on any atom is -0.385 e. The van der Waals surface area contributed by atoms with Gasteiger partial charge in [-0.05, 0) is 18.9 Å². The number of benzene rings is 1. The molecule has 22 heavy (non-hydrogen) atoms. The quantitative estimate of drug-likeness (QED) is 0.777. The van der Waals surface area contributed by atoms with Gasteiger partial charge < -0.3 is 15.0 Å². The van der Waals surface area contributed by atoms with Crippen molar-refractivity contribution in [3.63, 3.8) is 0 Å². The Kier molecular flexibility index (Phi) is 5.95. The van der Waals surface area contributed by atoms with Gasteiger partial charge in [0.25, 0.3) is 0 Å². The lowest BCUT2D eigenvalue weighted by Crippen LogP contribution is -2.33. The molecule has 1 unspecified atom stereocenters. The fraction of sp³-hybridized carbons (Fsp3) is 0.529. The number of carbonyl (C=O) groups excluding carboxylic acids is 2. The van der Waals surface area contributed by atoms with Gasteiger partial charge in [0.2, 0.25) is 11.8 Å². The van der Waals surface area contributed by atoms with E-state index in [9.17, 15) is 9.59 Å². The Morgan fingerprint density at radius 1 is 1.36 bits per heavy atom. The zero-order valence-corrected chi connectivity index (χ0v) is 13.3. The lowest BCUT2D eigenvalue weighted by Gasteiger charge is -2.17. The van der Waals surface area contributed by atoms with Crippen LogP contribution in [0.4, 0.5) is 0 Å². The number of carbonyl (C=O) groups is 2. The molecule has 1 fully saturated rings. The number of likely N-dealkylation sites (tertiary alicyclic amines) is 1. The first-order chi connectivity index (χ1) is 10.6. The number of amides is 2. The standard InChI is InChI=1S/C17H24N2O3/c1-13-4-6-14(7-5-13)11-19-12-15(10-16(19)20)17(21)18-8-3-9-22-2/h4-7,15H,3,8-12H2,1-2H3,(H,18,21). The van der Waals surface area contributed by atoms with Crippen molar-refractivity contribution in [3.05, 3.63) is 35.4 Å². The maximum Gasteiger partial charge on any atom is 0.225 e. The molecule has 5 nitrogen and oxygen atoms in total. The number of hydrogen-bond donors (Lipinski definition) is 1. The summed E-state index contributed by atoms with van der Waals surface area (Å²) in [6.45, 7) is 4.34. The zero-order chi connectivity index (χ0) is 15.9. The predicted octanol–water partition coefficient (Wildman–Crippen LogP) is 1.50. The molecule has 2 amide bonds. The Labute approximate surface area is 131 Å². The number of rotatable bonds is 7. The lowest BCUT2D eigenvalue weighted by molar-refractivity contribution is -0.129. The van der Waals surface area contributed by atoms with E-state index >= 15 is 0 Å². The highest BCUT2D eigenvalue weighted by Crippen LogP contribution is 2.20. The molecular formula is C17H24N2O3. The van der Waals surface area contributed by atoms with Crippen LogP contribution in [0.3, 0.4) is 0 Å². The van der Waals surface area contributed by atoms with E-state index in [4.69, 9.17) is 4.74 Å². The molecule has 120 valence electrons. The van der Waals surface area contributed by atoms with Crippen molar-refractivity contribution in [3.8, 4) is 0 Å². The van der Waals surface area contributed by atoms with Crippen LogP contribution in [0.1, 0.15) is 24.0 Å². The number of nitrogens with one attached hydrogen (secondary N) is 1. The molecule has 1 atom stereocenters. The number of nitrogens with zero attached hydrogens (tertiary/aromatic N) is 1. The normalized spacial score (nSPS) is 17.8. The zero-order valence-electron chi connectivity index (χ0n) is 13.3. The maximum atomic E-state index is 12.1. The minimum atomic E-state index is -0.236. The van der Waals surface area contributed by atoms with Crippen LogP contribution in [0.2, 0.25) is 0 Å². The van der Waals surface area contributed by atoms with Crippen LogP contribution in [0.5, 0.6) is 0 Å². The molecule has 5 heteroatoms. The summed E-state index contributed by atoms with van der Waals surface area (Å²) in [5.74, 6) is -0.214. The smallest absolute Gasteiger partial charge is 0.225 e. The molecule has 1 aliphatic heterocycles. The number of hydrogen-bond acceptors (Lipinski definition) is 3. The third kappa shape index (κ3) is 4.56. The molecule has 0 spiro atoms. The average Bonchev–Trinajstić information content (AvgIpc) is 2.87. The van der Waals surface area contributed by atoms with E-state index in [-0.39, 0.29) is 17.7 Å². The van der Waals surface area contributed by atoms with Crippen molar-refractivity contribution in [2.24, 2.45) is 5.92 Å². The van der Waals surface area contributed by atoms with Gasteiger partial charge in [0.15, 0.2) is 0 Å². The summed E-state index contributed by atoms with van der Waals surface area (Å²) in [4.78, 5) is 25.9. The first kappa shape index (κ1) is 16.5. The summed E-state index contributed by atoms with van der Waals surface area (Å²) in [6.07, 6.45) is 1.10. The maximum absolute atomic E-state index is 12.1. The highest BCUT2D eigenvalue weighted by molar-refractivity contribution is 5.89. The van der Waals surface area contributed by atoms with Crippen molar-refractivity contribution in [1.29, 1.82) is 0 Å². The van der Waals surface area contributed by atoms with Crippen LogP contribution in [-0.4, -0.2) is 43.5 Å². The van der Waals surface area contributed by atoms with Gasteiger partial charge in [-0.3, -0.25) is 9.59 Å². The molecule has 1 aliphatic rings. The minimum absolute atomic E-state index is 0.0316. The van der Waals surface area contributed by atoms with Gasteiger partial charge in [-0.15, -0.1) is 0 Å². The van der Waals surface area contributed by atoms with Crippen LogP contribution in [-0.2, 0) is 20.9 Å². The first-order valence-electron chi connectivity index (χ1n) is 7.70. The van der Waals surface area contributed by atoms with Gasteiger partial charge >= 0.3 is 0 Å². The van der Waals surface area contributed by atoms with Gasteiger partial charge in [-0.2, -0.15) is 0 Å². The highest BCUT2D eigenvalue weighted by atomic mass is 16.5. The molecule has 1 heterocycles. The van der Waals surface area contributed by atoms with E-state index in [0.29, 0.717) is 32.7 Å². The highest BCUT2D eigenvalue weighted by Gasteiger charge is 2.33. The van der Waals surface area contributed by atoms with Crippen molar-refractivity contribution in [1.82, 2.24) is 10.2 Å². The van der Waals surface area contributed by atoms with Crippen LogP contribution in [0.15, 0.2) is 24.3 Å². The molecule has 1 saturated heterocycles. The number of methoxy groups -OCH3 is 1. The SMILES string of the molecule is COCCCNC(=O)C1CC(=O)N(Cc2ccc(C)cc2)C1. The third-order valence-electron chi connectivity index (χ3n) is 3.90. The largest absolute Gasteiger partial charge is 0.385 e. The fourth-order valence-corrected chi connectivity index (χ4v) is 2.59. The van der Waals surface area contributed by atoms with Gasteiger partial charge in [-0.25, -0.2) is 0 Å². The molecule has 0 saturated carbocycles. The van der Waals surface area contributed by atoms with Crippen molar-refractivity contribution >= 4 is 11.8 Å². The van der Waals surface area contributed by atoms with E-state index in [1.807, 2.05) is 31.2 Å². The lowest BCUT2D eigenvalue weighted by atomic mass is 10.1. The second kappa shape index (κ2) is 7.94. The summed E-state index contributed by atoms with van der Waals surface area (Å²) in [5.41, 5.74) is 2.30. The van der Waals surface area contributed by atoms with E-state index in [1.165, 1.54) is 5.56 Å². The Balaban J connectivity index is 1.82. The summed E-state index contributed by atoms with van der Waals surface area (Å²) in [5, 5.41) is 2.87. The summed E-state index contributed by atoms with van der Waals surface area (Å²) in [6, 6.07) is 8.13. The van der Waals surface area contributed by atoms with Crippen LogP contribution in [0.25, 0.3) is 0 Å². The first-order valence-corrected chi connectivity index (χ1v) is 7.70. The predicted molar refractivity (Wildman–Crippen MR) is 84.2 cm³/mol. The van der Waals surface area contributed by atoms with Gasteiger partial charge in [-0.1, -0.05) is 29.8 Å². The Morgan fingerprint density at radius 3 is 2.77 bits per heavy atom. The fourth-order valence-electron chi connectivity index (χ4n) is 2.59. The van der Waals surface area contributed by atoms with E-state index < -0.39 is 0 Å². The van der Waals surface area contributed by atoms with Crippen LogP contribution < -0.4 is 5.32 Å². The molecule has 2 rings (SSSR count). The summed E-state index contributed by atoms with van der Waals surface area (Å²) < 4.78 is 4.94. The van der Waals surface area contributed by atoms with Crippen molar-refractivity contribution < 1.29 is 14.3 Å². The van der Waals surface area contributed by atoms with E-state index in [0.717, 1.165) is 12.0 Å². The molecule has 1 aromatic rings. The van der Waals surface area contributed by atoms with E-state index in [2.05, 4.69) is 5.32 Å². The van der Waals surface area contributed by atoms with Crippen LogP contribution >= 0.6 is 0 Å². The van der Waals surface area contributed by atoms with Gasteiger partial charge in [0, 0.05) is 39.8 Å². The van der Waals surface area contributed by atoms with Crippen molar-refractivity contribution in [2.75, 3.05) is 26.8 Å². The van der Waals surface area contributed by atoms with Gasteiger partial charge in [0.05, 0.1) is 5.92 Å². The van der Waals surface area contributed by atoms with Crippen LogP contribution in [0, 0.1) is 12.8 Å². The number of aryl methyl sites for hydroxylation is 1. The van der Waals surface area contributed by atoms with Gasteiger partial charge in [0.1, 0.15) is 0 Å². The van der Waals surface area contributed by atoms with E-state index in [1.54, 1.807) is 12.0 Å². The molecule has 0 aliphatic carbocycles.